The molecule has 0 aliphatic rings. The second kappa shape index (κ2) is 8.28. The SMILES string of the molecule is Nc1cnc2ccc(Cc3cc(C(=O)NCc4cnc5[nH]cc(Cl)c5c4)ccn3)cc2c1. The predicted molar refractivity (Wildman–Crippen MR) is 125 cm³/mol. The Labute approximate surface area is 188 Å². The summed E-state index contributed by atoms with van der Waals surface area (Å²) in [5.41, 5.74) is 11.4. The zero-order valence-electron chi connectivity index (χ0n) is 17.0. The fourth-order valence-electron chi connectivity index (χ4n) is 3.63. The number of rotatable bonds is 5. The predicted octanol–water partition coefficient (Wildman–Crippen LogP) is 4.26. The van der Waals surface area contributed by atoms with Gasteiger partial charge in [-0.2, -0.15) is 0 Å². The number of fused-ring (bicyclic) bond motifs is 2. The van der Waals surface area contributed by atoms with Crippen molar-refractivity contribution in [3.05, 3.63) is 94.7 Å². The number of carbonyl (C=O) groups is 1. The van der Waals surface area contributed by atoms with Gasteiger partial charge in [-0.15, -0.1) is 0 Å². The van der Waals surface area contributed by atoms with Gasteiger partial charge in [-0.1, -0.05) is 17.7 Å². The Morgan fingerprint density at radius 2 is 1.94 bits per heavy atom. The van der Waals surface area contributed by atoms with E-state index in [2.05, 4.69) is 25.3 Å². The van der Waals surface area contributed by atoms with E-state index in [1.54, 1.807) is 30.9 Å². The molecule has 32 heavy (non-hydrogen) atoms. The zero-order chi connectivity index (χ0) is 22.1. The van der Waals surface area contributed by atoms with E-state index < -0.39 is 0 Å². The lowest BCUT2D eigenvalue weighted by atomic mass is 10.0. The number of amides is 1. The summed E-state index contributed by atoms with van der Waals surface area (Å²) in [4.78, 5) is 28.8. The third kappa shape index (κ3) is 4.10. The van der Waals surface area contributed by atoms with Crippen molar-refractivity contribution in [3.63, 3.8) is 0 Å². The Bertz CT molecular complexity index is 1460. The van der Waals surface area contributed by atoms with Gasteiger partial charge < -0.3 is 16.0 Å². The Hall–Kier alpha value is -3.97. The van der Waals surface area contributed by atoms with Crippen LogP contribution in [-0.2, 0) is 13.0 Å². The van der Waals surface area contributed by atoms with E-state index in [1.807, 2.05) is 36.4 Å². The van der Waals surface area contributed by atoms with Crippen LogP contribution in [0, 0.1) is 0 Å². The molecule has 0 fully saturated rings. The molecule has 1 amide bonds. The number of pyridine rings is 3. The number of halogens is 1. The first-order chi connectivity index (χ1) is 15.5. The van der Waals surface area contributed by atoms with Crippen LogP contribution in [-0.4, -0.2) is 25.8 Å². The van der Waals surface area contributed by atoms with Crippen molar-refractivity contribution < 1.29 is 4.79 Å². The number of hydrogen-bond donors (Lipinski definition) is 3. The lowest BCUT2D eigenvalue weighted by molar-refractivity contribution is 0.0950. The first-order valence-corrected chi connectivity index (χ1v) is 10.4. The quantitative estimate of drug-likeness (QED) is 0.376. The van der Waals surface area contributed by atoms with Gasteiger partial charge in [-0.25, -0.2) is 4.98 Å². The molecule has 0 bridgehead atoms. The monoisotopic (exact) mass is 442 g/mol. The molecule has 0 spiro atoms. The number of nitrogens with one attached hydrogen (secondary N) is 2. The van der Waals surface area contributed by atoms with Gasteiger partial charge >= 0.3 is 0 Å². The number of benzene rings is 1. The first-order valence-electron chi connectivity index (χ1n) is 10.0. The summed E-state index contributed by atoms with van der Waals surface area (Å²) in [6.07, 6.45) is 7.30. The molecule has 4 N–H and O–H groups in total. The van der Waals surface area contributed by atoms with Gasteiger partial charge in [0, 0.05) is 53.6 Å². The van der Waals surface area contributed by atoms with E-state index in [0.29, 0.717) is 29.2 Å². The topological polar surface area (TPSA) is 110 Å². The van der Waals surface area contributed by atoms with Crippen LogP contribution in [0.5, 0.6) is 0 Å². The Balaban J connectivity index is 1.29. The number of nitrogens with zero attached hydrogens (tertiary/aromatic N) is 3. The number of nitrogens with two attached hydrogens (primary N) is 1. The largest absolute Gasteiger partial charge is 0.397 e. The molecule has 1 aromatic carbocycles. The van der Waals surface area contributed by atoms with Crippen LogP contribution in [0.3, 0.4) is 0 Å². The Morgan fingerprint density at radius 3 is 2.84 bits per heavy atom. The minimum absolute atomic E-state index is 0.176. The van der Waals surface area contributed by atoms with Crippen LogP contribution in [0.25, 0.3) is 21.9 Å². The molecule has 0 unspecified atom stereocenters. The van der Waals surface area contributed by atoms with E-state index in [4.69, 9.17) is 17.3 Å². The van der Waals surface area contributed by atoms with Crippen LogP contribution in [0.15, 0.2) is 67.3 Å². The summed E-state index contributed by atoms with van der Waals surface area (Å²) < 4.78 is 0. The second-order valence-electron chi connectivity index (χ2n) is 7.57. The minimum atomic E-state index is -0.176. The van der Waals surface area contributed by atoms with E-state index >= 15 is 0 Å². The highest BCUT2D eigenvalue weighted by Crippen LogP contribution is 2.22. The summed E-state index contributed by atoms with van der Waals surface area (Å²) in [5, 5.41) is 5.34. The van der Waals surface area contributed by atoms with E-state index in [9.17, 15) is 4.79 Å². The molecule has 0 aliphatic heterocycles. The molecule has 0 aliphatic carbocycles. The maximum Gasteiger partial charge on any atom is 0.251 e. The molecule has 4 heterocycles. The molecule has 158 valence electrons. The average molecular weight is 443 g/mol. The molecule has 0 atom stereocenters. The molecule has 0 saturated heterocycles. The number of H-pyrrole nitrogens is 1. The fraction of sp³-hybridized carbons (Fsp3) is 0.0833. The summed E-state index contributed by atoms with van der Waals surface area (Å²) in [6, 6.07) is 13.3. The van der Waals surface area contributed by atoms with Crippen LogP contribution in [0.1, 0.15) is 27.2 Å². The van der Waals surface area contributed by atoms with Gasteiger partial charge in [-0.3, -0.25) is 14.8 Å². The Morgan fingerprint density at radius 1 is 1.03 bits per heavy atom. The van der Waals surface area contributed by atoms with Gasteiger partial charge in [0.15, 0.2) is 0 Å². The van der Waals surface area contributed by atoms with Gasteiger partial charge in [0.1, 0.15) is 5.65 Å². The summed E-state index contributed by atoms with van der Waals surface area (Å²) in [6.45, 7) is 0.347. The van der Waals surface area contributed by atoms with Crippen LogP contribution in [0.4, 0.5) is 5.69 Å². The number of aromatic amines is 1. The lowest BCUT2D eigenvalue weighted by Gasteiger charge is -2.08. The highest BCUT2D eigenvalue weighted by molar-refractivity contribution is 6.35. The summed E-state index contributed by atoms with van der Waals surface area (Å²) in [7, 11) is 0. The van der Waals surface area contributed by atoms with Crippen molar-refractivity contribution in [2.24, 2.45) is 0 Å². The smallest absolute Gasteiger partial charge is 0.251 e. The normalized spacial score (nSPS) is 11.2. The van der Waals surface area contributed by atoms with E-state index in [1.165, 1.54) is 0 Å². The molecule has 7 nitrogen and oxygen atoms in total. The van der Waals surface area contributed by atoms with Gasteiger partial charge in [-0.05, 0) is 47.5 Å². The number of anilines is 1. The van der Waals surface area contributed by atoms with Crippen molar-refractivity contribution in [1.82, 2.24) is 25.3 Å². The molecule has 5 aromatic rings. The molecular weight excluding hydrogens is 424 g/mol. The van der Waals surface area contributed by atoms with Gasteiger partial charge in [0.25, 0.3) is 5.91 Å². The van der Waals surface area contributed by atoms with Crippen molar-refractivity contribution >= 4 is 45.1 Å². The fourth-order valence-corrected chi connectivity index (χ4v) is 3.83. The summed E-state index contributed by atoms with van der Waals surface area (Å²) in [5.74, 6) is -0.176. The van der Waals surface area contributed by atoms with E-state index in [-0.39, 0.29) is 5.91 Å². The van der Waals surface area contributed by atoms with Gasteiger partial charge in [0.05, 0.1) is 22.4 Å². The standard InChI is InChI=1S/C24H19ClN6O/c25-21-13-30-23-20(21)7-15(10-29-23)11-31-24(32)16-3-4-27-19(9-16)6-14-1-2-22-17(5-14)8-18(26)12-28-22/h1-5,7-10,12-13H,6,11,26H2,(H,29,30)(H,31,32). The van der Waals surface area contributed by atoms with E-state index in [0.717, 1.165) is 38.8 Å². The molecule has 0 saturated carbocycles. The highest BCUT2D eigenvalue weighted by atomic mass is 35.5. The third-order valence-corrected chi connectivity index (χ3v) is 5.53. The number of hydrogen-bond acceptors (Lipinski definition) is 5. The van der Waals surface area contributed by atoms with Gasteiger partial charge in [0.2, 0.25) is 0 Å². The molecule has 4 aromatic heterocycles. The maximum absolute atomic E-state index is 12.7. The molecular formula is C24H19ClN6O. The van der Waals surface area contributed by atoms with Crippen molar-refractivity contribution in [3.8, 4) is 0 Å². The van der Waals surface area contributed by atoms with Crippen molar-refractivity contribution in [2.75, 3.05) is 5.73 Å². The summed E-state index contributed by atoms with van der Waals surface area (Å²) >= 11 is 6.15. The molecule has 8 heteroatoms. The maximum atomic E-state index is 12.7. The lowest BCUT2D eigenvalue weighted by Crippen LogP contribution is -2.23. The first kappa shape index (κ1) is 20.0. The molecule has 0 radical (unpaired) electrons. The number of nitrogen functional groups attached to an aromatic ring is 1. The molecule has 5 rings (SSSR count). The minimum Gasteiger partial charge on any atom is -0.397 e. The van der Waals surface area contributed by atoms with Crippen LogP contribution >= 0.6 is 11.6 Å². The second-order valence-corrected chi connectivity index (χ2v) is 7.97. The zero-order valence-corrected chi connectivity index (χ0v) is 17.7. The highest BCUT2D eigenvalue weighted by Gasteiger charge is 2.10. The van der Waals surface area contributed by atoms with Crippen LogP contribution in [0.2, 0.25) is 5.02 Å². The Kier molecular flexibility index (Phi) is 5.17. The van der Waals surface area contributed by atoms with Crippen LogP contribution < -0.4 is 11.1 Å². The van der Waals surface area contributed by atoms with Crippen molar-refractivity contribution in [2.45, 2.75) is 13.0 Å². The number of carbonyl (C=O) groups excluding carboxylic acids is 1. The van der Waals surface area contributed by atoms with Crippen molar-refractivity contribution in [1.29, 1.82) is 0 Å². The average Bonchev–Trinajstić information content (AvgIpc) is 3.17. The third-order valence-electron chi connectivity index (χ3n) is 5.22. The number of aromatic nitrogens is 4.